The number of amides is 1. The first-order chi connectivity index (χ1) is 9.20. The highest BCUT2D eigenvalue weighted by molar-refractivity contribution is 5.78. The minimum atomic E-state index is 0.347. The van der Waals surface area contributed by atoms with E-state index in [2.05, 4.69) is 22.0 Å². The van der Waals surface area contributed by atoms with Gasteiger partial charge in [0.2, 0.25) is 5.91 Å². The van der Waals surface area contributed by atoms with E-state index in [1.165, 1.54) is 32.1 Å². The summed E-state index contributed by atoms with van der Waals surface area (Å²) >= 11 is 0. The van der Waals surface area contributed by atoms with Crippen LogP contribution in [0.1, 0.15) is 39.0 Å². The van der Waals surface area contributed by atoms with Crippen LogP contribution in [0.5, 0.6) is 0 Å². The van der Waals surface area contributed by atoms with Crippen molar-refractivity contribution < 1.29 is 4.79 Å². The Hall–Kier alpha value is -0.610. The third kappa shape index (κ3) is 4.18. The van der Waals surface area contributed by atoms with Gasteiger partial charge >= 0.3 is 0 Å². The Labute approximate surface area is 117 Å². The normalized spacial score (nSPS) is 26.6. The van der Waals surface area contributed by atoms with Gasteiger partial charge in [-0.3, -0.25) is 9.69 Å². The maximum Gasteiger partial charge on any atom is 0.236 e. The fraction of sp³-hybridized carbons (Fsp3) is 0.933. The Bertz CT molecular complexity index is 287. The van der Waals surface area contributed by atoms with E-state index in [9.17, 15) is 4.79 Å². The van der Waals surface area contributed by atoms with Crippen molar-refractivity contribution in [3.05, 3.63) is 0 Å². The number of likely N-dealkylation sites (tertiary alicyclic amines) is 2. The van der Waals surface area contributed by atoms with Gasteiger partial charge in [0, 0.05) is 12.6 Å². The van der Waals surface area contributed by atoms with E-state index in [1.54, 1.807) is 0 Å². The largest absolute Gasteiger partial charge is 0.339 e. The van der Waals surface area contributed by atoms with Gasteiger partial charge in [-0.05, 0) is 71.6 Å². The average molecular weight is 267 g/mol. The van der Waals surface area contributed by atoms with Crippen molar-refractivity contribution >= 4 is 5.91 Å². The summed E-state index contributed by atoms with van der Waals surface area (Å²) in [4.78, 5) is 16.8. The summed E-state index contributed by atoms with van der Waals surface area (Å²) in [7, 11) is 2.02. The molecule has 1 atom stereocenters. The lowest BCUT2D eigenvalue weighted by atomic mass is 9.97. The van der Waals surface area contributed by atoms with E-state index >= 15 is 0 Å². The maximum atomic E-state index is 12.4. The Morgan fingerprint density at radius 1 is 1.16 bits per heavy atom. The van der Waals surface area contributed by atoms with Crippen LogP contribution in [0.25, 0.3) is 0 Å². The number of hydrogen-bond acceptors (Lipinski definition) is 3. The number of rotatable bonds is 4. The van der Waals surface area contributed by atoms with Crippen LogP contribution in [0.4, 0.5) is 0 Å². The summed E-state index contributed by atoms with van der Waals surface area (Å²) in [6, 6.07) is 0.447. The highest BCUT2D eigenvalue weighted by atomic mass is 16.2. The van der Waals surface area contributed by atoms with Gasteiger partial charge in [0.25, 0.3) is 0 Å². The van der Waals surface area contributed by atoms with Gasteiger partial charge in [0.15, 0.2) is 0 Å². The van der Waals surface area contributed by atoms with Crippen molar-refractivity contribution in [2.75, 3.05) is 39.8 Å². The Morgan fingerprint density at radius 3 is 2.53 bits per heavy atom. The molecule has 1 amide bonds. The Balaban J connectivity index is 1.74. The van der Waals surface area contributed by atoms with Crippen molar-refractivity contribution in [2.45, 2.75) is 45.1 Å². The summed E-state index contributed by atoms with van der Waals surface area (Å²) in [5.41, 5.74) is 0. The van der Waals surface area contributed by atoms with Gasteiger partial charge in [-0.15, -0.1) is 0 Å². The zero-order valence-corrected chi connectivity index (χ0v) is 12.5. The molecule has 0 bridgehead atoms. The first-order valence-corrected chi connectivity index (χ1v) is 7.87. The molecule has 0 radical (unpaired) electrons. The lowest BCUT2D eigenvalue weighted by Crippen LogP contribution is -2.48. The number of carbonyl (C=O) groups excluding carboxylic acids is 1. The van der Waals surface area contributed by atoms with Crippen molar-refractivity contribution in [2.24, 2.45) is 5.92 Å². The molecule has 19 heavy (non-hydrogen) atoms. The third-order valence-electron chi connectivity index (χ3n) is 4.68. The molecule has 1 N–H and O–H groups in total. The lowest BCUT2D eigenvalue weighted by Gasteiger charge is -2.37. The predicted octanol–water partition coefficient (Wildman–Crippen LogP) is 1.32. The predicted molar refractivity (Wildman–Crippen MR) is 78.1 cm³/mol. The number of nitrogens with one attached hydrogen (secondary N) is 1. The van der Waals surface area contributed by atoms with Crippen LogP contribution in [0, 0.1) is 5.92 Å². The zero-order valence-electron chi connectivity index (χ0n) is 12.5. The Morgan fingerprint density at radius 2 is 1.89 bits per heavy atom. The van der Waals surface area contributed by atoms with Gasteiger partial charge in [-0.1, -0.05) is 0 Å². The van der Waals surface area contributed by atoms with E-state index < -0.39 is 0 Å². The molecule has 0 aromatic heterocycles. The number of nitrogens with zero attached hydrogens (tertiary/aromatic N) is 2. The molecule has 2 saturated heterocycles. The summed E-state index contributed by atoms with van der Waals surface area (Å²) < 4.78 is 0. The van der Waals surface area contributed by atoms with Gasteiger partial charge in [0.1, 0.15) is 0 Å². The lowest BCUT2D eigenvalue weighted by molar-refractivity contribution is -0.136. The zero-order chi connectivity index (χ0) is 13.7. The standard InChI is InChI=1S/C15H29N3O/c1-13-5-3-4-8-18(13)15(19)12-17-9-6-14(7-10-17)11-16-2/h13-14,16H,3-12H2,1-2H3. The van der Waals surface area contributed by atoms with Crippen molar-refractivity contribution in [3.8, 4) is 0 Å². The molecule has 4 nitrogen and oxygen atoms in total. The highest BCUT2D eigenvalue weighted by Gasteiger charge is 2.26. The minimum absolute atomic E-state index is 0.347. The van der Waals surface area contributed by atoms with Crippen molar-refractivity contribution in [3.63, 3.8) is 0 Å². The average Bonchev–Trinajstić information content (AvgIpc) is 2.42. The molecule has 0 spiro atoms. The number of carbonyl (C=O) groups is 1. The fourth-order valence-corrected chi connectivity index (χ4v) is 3.39. The molecule has 4 heteroatoms. The molecule has 0 aromatic rings. The van der Waals surface area contributed by atoms with Gasteiger partial charge in [-0.2, -0.15) is 0 Å². The summed E-state index contributed by atoms with van der Waals surface area (Å²) in [6.45, 7) is 7.08. The molecule has 1 unspecified atom stereocenters. The molecular weight excluding hydrogens is 238 g/mol. The molecule has 110 valence electrons. The second kappa shape index (κ2) is 7.25. The van der Waals surface area contributed by atoms with Crippen molar-refractivity contribution in [1.29, 1.82) is 0 Å². The van der Waals surface area contributed by atoms with E-state index in [1.807, 2.05) is 7.05 Å². The molecule has 2 rings (SSSR count). The first kappa shape index (κ1) is 14.8. The molecule has 2 aliphatic heterocycles. The monoisotopic (exact) mass is 267 g/mol. The van der Waals surface area contributed by atoms with Crippen LogP contribution < -0.4 is 5.32 Å². The molecular formula is C15H29N3O. The van der Waals surface area contributed by atoms with Crippen LogP contribution in [0.15, 0.2) is 0 Å². The van der Waals surface area contributed by atoms with Crippen LogP contribution in [-0.2, 0) is 4.79 Å². The second-order valence-corrected chi connectivity index (χ2v) is 6.21. The number of piperidine rings is 2. The summed E-state index contributed by atoms with van der Waals surface area (Å²) in [5, 5.41) is 3.26. The fourth-order valence-electron chi connectivity index (χ4n) is 3.39. The van der Waals surface area contributed by atoms with E-state index in [0.29, 0.717) is 18.5 Å². The van der Waals surface area contributed by atoms with E-state index in [0.717, 1.165) is 32.1 Å². The van der Waals surface area contributed by atoms with Gasteiger partial charge in [0.05, 0.1) is 6.54 Å². The van der Waals surface area contributed by atoms with Gasteiger partial charge in [-0.25, -0.2) is 0 Å². The van der Waals surface area contributed by atoms with Crippen LogP contribution in [-0.4, -0.2) is 61.5 Å². The van der Waals surface area contributed by atoms with Crippen LogP contribution >= 0.6 is 0 Å². The van der Waals surface area contributed by atoms with E-state index in [4.69, 9.17) is 0 Å². The molecule has 2 aliphatic rings. The smallest absolute Gasteiger partial charge is 0.236 e. The second-order valence-electron chi connectivity index (χ2n) is 6.21. The molecule has 0 aliphatic carbocycles. The topological polar surface area (TPSA) is 35.6 Å². The highest BCUT2D eigenvalue weighted by Crippen LogP contribution is 2.19. The SMILES string of the molecule is CNCC1CCN(CC(=O)N2CCCCC2C)CC1. The van der Waals surface area contributed by atoms with Crippen molar-refractivity contribution in [1.82, 2.24) is 15.1 Å². The molecule has 0 saturated carbocycles. The first-order valence-electron chi connectivity index (χ1n) is 7.87. The summed E-state index contributed by atoms with van der Waals surface area (Å²) in [6.07, 6.45) is 6.09. The van der Waals surface area contributed by atoms with E-state index in [-0.39, 0.29) is 0 Å². The number of hydrogen-bond donors (Lipinski definition) is 1. The maximum absolute atomic E-state index is 12.4. The summed E-state index contributed by atoms with van der Waals surface area (Å²) in [5.74, 6) is 1.14. The minimum Gasteiger partial charge on any atom is -0.339 e. The van der Waals surface area contributed by atoms with Crippen LogP contribution in [0.2, 0.25) is 0 Å². The van der Waals surface area contributed by atoms with Gasteiger partial charge < -0.3 is 10.2 Å². The molecule has 2 heterocycles. The third-order valence-corrected chi connectivity index (χ3v) is 4.68. The quantitative estimate of drug-likeness (QED) is 0.834. The molecule has 0 aromatic carbocycles. The molecule has 2 fully saturated rings. The Kier molecular flexibility index (Phi) is 5.64. The van der Waals surface area contributed by atoms with Crippen LogP contribution in [0.3, 0.4) is 0 Å².